The maximum absolute atomic E-state index is 13.7. The van der Waals surface area contributed by atoms with Crippen LogP contribution in [0.1, 0.15) is 28.3 Å². The number of halogens is 2. The molecule has 5 aromatic rings. The molecule has 11 heteroatoms. The Kier molecular flexibility index (Phi) is 8.74. The number of benzene rings is 4. The van der Waals surface area contributed by atoms with E-state index < -0.39 is 29.3 Å². The van der Waals surface area contributed by atoms with Crippen molar-refractivity contribution < 1.29 is 23.8 Å². The van der Waals surface area contributed by atoms with Crippen molar-refractivity contribution in [3.05, 3.63) is 142 Å². The molecule has 220 valence electrons. The number of aliphatic hydroxyl groups excluding tert-OH is 1. The molecule has 0 spiro atoms. The minimum atomic E-state index is -1.04. The third kappa shape index (κ3) is 6.37. The van der Waals surface area contributed by atoms with Crippen LogP contribution in [-0.2, 0) is 21.9 Å². The topological polar surface area (TPSA) is 92.6 Å². The zero-order valence-corrected chi connectivity index (χ0v) is 25.3. The van der Waals surface area contributed by atoms with Gasteiger partial charge >= 0.3 is 5.91 Å². The summed E-state index contributed by atoms with van der Waals surface area (Å²) in [6.45, 7) is 0.310. The summed E-state index contributed by atoms with van der Waals surface area (Å²) >= 11 is 8.59. The van der Waals surface area contributed by atoms with E-state index in [-0.39, 0.29) is 16.3 Å². The molecule has 1 atom stereocenters. The van der Waals surface area contributed by atoms with Crippen LogP contribution in [0.5, 0.6) is 5.75 Å². The predicted molar refractivity (Wildman–Crippen MR) is 169 cm³/mol. The number of carbonyl (C=O) groups excluding carboxylic acids is 2. The Morgan fingerprint density at radius 1 is 0.932 bits per heavy atom. The number of rotatable bonds is 9. The first kappa shape index (κ1) is 29.6. The van der Waals surface area contributed by atoms with Crippen molar-refractivity contribution in [2.24, 2.45) is 0 Å². The van der Waals surface area contributed by atoms with E-state index in [1.54, 1.807) is 36.4 Å². The Morgan fingerprint density at radius 3 is 2.43 bits per heavy atom. The monoisotopic (exact) mass is 643 g/mol. The SMILES string of the molecule is O=C1C(=O)N(c2nnc(SCc3ccc(Cl)cc3)s2)C(c2cccc(OCc3ccccc3)c2)C1=C(O)c1ccc(F)cc1. The molecule has 0 aliphatic carbocycles. The summed E-state index contributed by atoms with van der Waals surface area (Å²) in [6.07, 6.45) is 0. The lowest BCUT2D eigenvalue weighted by molar-refractivity contribution is -0.132. The zero-order valence-electron chi connectivity index (χ0n) is 22.9. The van der Waals surface area contributed by atoms with Crippen LogP contribution in [0.3, 0.4) is 0 Å². The Labute approximate surface area is 265 Å². The molecule has 0 radical (unpaired) electrons. The highest BCUT2D eigenvalue weighted by Gasteiger charge is 2.48. The van der Waals surface area contributed by atoms with Crippen LogP contribution in [-0.4, -0.2) is 27.0 Å². The quantitative estimate of drug-likeness (QED) is 0.0575. The molecule has 1 N–H and O–H groups in total. The second kappa shape index (κ2) is 13.0. The fraction of sp³-hybridized carbons (Fsp3) is 0.0909. The summed E-state index contributed by atoms with van der Waals surface area (Å²) in [6, 6.07) is 28.1. The lowest BCUT2D eigenvalue weighted by Gasteiger charge is -2.23. The second-order valence-corrected chi connectivity index (χ2v) is 12.4. The number of carbonyl (C=O) groups is 2. The summed E-state index contributed by atoms with van der Waals surface area (Å²) < 4.78 is 20.3. The van der Waals surface area contributed by atoms with Crippen molar-refractivity contribution in [1.82, 2.24) is 10.2 Å². The minimum absolute atomic E-state index is 0.146. The molecule has 1 aliphatic rings. The van der Waals surface area contributed by atoms with E-state index in [1.807, 2.05) is 42.5 Å². The molecule has 1 amide bonds. The van der Waals surface area contributed by atoms with Crippen molar-refractivity contribution in [3.8, 4) is 5.75 Å². The van der Waals surface area contributed by atoms with E-state index in [0.29, 0.717) is 33.0 Å². The fourth-order valence-corrected chi connectivity index (χ4v) is 6.66. The molecule has 7 nitrogen and oxygen atoms in total. The van der Waals surface area contributed by atoms with Gasteiger partial charge in [-0.2, -0.15) is 0 Å². The number of hydrogen-bond acceptors (Lipinski definition) is 8. The van der Waals surface area contributed by atoms with Crippen LogP contribution in [0, 0.1) is 5.82 Å². The number of nitrogens with zero attached hydrogens (tertiary/aromatic N) is 3. The van der Waals surface area contributed by atoms with Gasteiger partial charge in [0.2, 0.25) is 5.13 Å². The molecule has 6 rings (SSSR count). The van der Waals surface area contributed by atoms with Crippen molar-refractivity contribution in [3.63, 3.8) is 0 Å². The first-order chi connectivity index (χ1) is 21.4. The number of ether oxygens (including phenoxy) is 1. The maximum Gasteiger partial charge on any atom is 0.301 e. The number of aliphatic hydroxyl groups is 1. The van der Waals surface area contributed by atoms with E-state index in [9.17, 15) is 19.1 Å². The highest BCUT2D eigenvalue weighted by atomic mass is 35.5. The third-order valence-electron chi connectivity index (χ3n) is 6.86. The van der Waals surface area contributed by atoms with Gasteiger partial charge in [0.05, 0.1) is 11.6 Å². The average Bonchev–Trinajstić information content (AvgIpc) is 3.62. The van der Waals surface area contributed by atoms with Crippen LogP contribution < -0.4 is 9.64 Å². The summed E-state index contributed by atoms with van der Waals surface area (Å²) in [5.41, 5.74) is 2.57. The molecule has 1 fully saturated rings. The van der Waals surface area contributed by atoms with Crippen LogP contribution in [0.4, 0.5) is 9.52 Å². The van der Waals surface area contributed by atoms with Crippen LogP contribution in [0.15, 0.2) is 113 Å². The van der Waals surface area contributed by atoms with Gasteiger partial charge in [-0.3, -0.25) is 14.5 Å². The van der Waals surface area contributed by atoms with Crippen molar-refractivity contribution in [1.29, 1.82) is 0 Å². The fourth-order valence-electron chi connectivity index (χ4n) is 4.71. The van der Waals surface area contributed by atoms with Gasteiger partial charge in [-0.25, -0.2) is 4.39 Å². The molecule has 4 aromatic carbocycles. The molecule has 0 saturated carbocycles. The summed E-state index contributed by atoms with van der Waals surface area (Å²) in [4.78, 5) is 28.3. The minimum Gasteiger partial charge on any atom is -0.507 e. The smallest absolute Gasteiger partial charge is 0.301 e. The number of aromatic nitrogens is 2. The van der Waals surface area contributed by atoms with E-state index in [4.69, 9.17) is 16.3 Å². The van der Waals surface area contributed by atoms with Gasteiger partial charge in [0.15, 0.2) is 4.34 Å². The third-order valence-corrected chi connectivity index (χ3v) is 9.24. The van der Waals surface area contributed by atoms with Crippen molar-refractivity contribution in [2.45, 2.75) is 22.7 Å². The number of thioether (sulfide) groups is 1. The Morgan fingerprint density at radius 2 is 1.68 bits per heavy atom. The normalized spacial score (nSPS) is 16.0. The van der Waals surface area contributed by atoms with Crippen LogP contribution in [0.25, 0.3) is 5.76 Å². The summed E-state index contributed by atoms with van der Waals surface area (Å²) in [5.74, 6) is -1.57. The first-order valence-corrected chi connectivity index (χ1v) is 15.6. The molecule has 2 heterocycles. The molecule has 1 unspecified atom stereocenters. The second-order valence-electron chi connectivity index (χ2n) is 9.79. The van der Waals surface area contributed by atoms with E-state index >= 15 is 0 Å². The standard InChI is InChI=1S/C33H23ClFN3O4S2/c34-24-13-9-21(10-14-24)19-43-33-37-36-32(44-33)38-28(23-7-4-8-26(17-23)42-18-20-5-2-1-3-6-20)27(30(40)31(38)41)29(39)22-11-15-25(35)16-12-22/h1-17,28,39H,18-19H2. The van der Waals surface area contributed by atoms with Gasteiger partial charge in [0.25, 0.3) is 5.78 Å². The number of ketones is 1. The molecular formula is C33H23ClFN3O4S2. The Bertz CT molecular complexity index is 1850. The number of Topliss-reactive ketones (excluding diaryl/α,β-unsaturated/α-hetero) is 1. The largest absolute Gasteiger partial charge is 0.507 e. The first-order valence-electron chi connectivity index (χ1n) is 13.4. The summed E-state index contributed by atoms with van der Waals surface area (Å²) in [5, 5.41) is 20.7. The van der Waals surface area contributed by atoms with Gasteiger partial charge in [-0.15, -0.1) is 10.2 Å². The Balaban J connectivity index is 1.36. The summed E-state index contributed by atoms with van der Waals surface area (Å²) in [7, 11) is 0. The Hall–Kier alpha value is -4.51. The highest BCUT2D eigenvalue weighted by Crippen LogP contribution is 2.44. The average molecular weight is 644 g/mol. The lowest BCUT2D eigenvalue weighted by Crippen LogP contribution is -2.29. The number of anilines is 1. The van der Waals surface area contributed by atoms with E-state index in [1.165, 1.54) is 40.9 Å². The van der Waals surface area contributed by atoms with Crippen LogP contribution >= 0.6 is 34.7 Å². The van der Waals surface area contributed by atoms with Gasteiger partial charge in [0, 0.05) is 16.3 Å². The van der Waals surface area contributed by atoms with E-state index in [0.717, 1.165) is 22.5 Å². The lowest BCUT2D eigenvalue weighted by atomic mass is 9.95. The highest BCUT2D eigenvalue weighted by molar-refractivity contribution is 8.00. The van der Waals surface area contributed by atoms with Crippen LogP contribution in [0.2, 0.25) is 5.02 Å². The van der Waals surface area contributed by atoms with E-state index in [2.05, 4.69) is 10.2 Å². The number of amides is 1. The predicted octanol–water partition coefficient (Wildman–Crippen LogP) is 7.83. The zero-order chi connectivity index (χ0) is 30.6. The van der Waals surface area contributed by atoms with Gasteiger partial charge in [0.1, 0.15) is 23.9 Å². The number of hydrogen-bond donors (Lipinski definition) is 1. The molecule has 0 bridgehead atoms. The molecule has 44 heavy (non-hydrogen) atoms. The van der Waals surface area contributed by atoms with Crippen molar-refractivity contribution in [2.75, 3.05) is 4.90 Å². The van der Waals surface area contributed by atoms with Gasteiger partial charge in [-0.05, 0) is 65.2 Å². The molecule has 1 aliphatic heterocycles. The molecule has 1 saturated heterocycles. The molecular weight excluding hydrogens is 621 g/mol. The van der Waals surface area contributed by atoms with Gasteiger partial charge in [-0.1, -0.05) is 89.3 Å². The maximum atomic E-state index is 13.7. The van der Waals surface area contributed by atoms with Gasteiger partial charge < -0.3 is 9.84 Å². The van der Waals surface area contributed by atoms with Crippen molar-refractivity contribution >= 4 is 57.3 Å². The molecule has 1 aromatic heterocycles.